The van der Waals surface area contributed by atoms with Crippen molar-refractivity contribution in [1.29, 1.82) is 0 Å². The summed E-state index contributed by atoms with van der Waals surface area (Å²) in [7, 11) is -2.51. The molecule has 0 fully saturated rings. The van der Waals surface area contributed by atoms with Gasteiger partial charge in [0.05, 0.1) is 23.9 Å². The van der Waals surface area contributed by atoms with E-state index >= 15 is 0 Å². The number of pyridine rings is 1. The van der Waals surface area contributed by atoms with Crippen LogP contribution in [0.3, 0.4) is 0 Å². The van der Waals surface area contributed by atoms with Crippen molar-refractivity contribution in [1.82, 2.24) is 14.6 Å². The van der Waals surface area contributed by atoms with E-state index in [0.29, 0.717) is 38.5 Å². The molecule has 1 aromatic carbocycles. The molecular weight excluding hydrogens is 458 g/mol. The van der Waals surface area contributed by atoms with Crippen molar-refractivity contribution >= 4 is 38.2 Å². The number of carbonyl (C=O) groups is 1. The van der Waals surface area contributed by atoms with E-state index in [1.165, 1.54) is 18.4 Å². The Morgan fingerprint density at radius 2 is 2.03 bits per heavy atom. The van der Waals surface area contributed by atoms with Crippen molar-refractivity contribution in [3.8, 4) is 0 Å². The monoisotopic (exact) mass is 487 g/mol. The average Bonchev–Trinajstić information content (AvgIpc) is 3.18. The van der Waals surface area contributed by atoms with E-state index in [0.717, 1.165) is 33.5 Å². The number of esters is 1. The predicted molar refractivity (Wildman–Crippen MR) is 130 cm³/mol. The number of carbonyl (C=O) groups excluding carboxylic acids is 1. The Labute approximate surface area is 198 Å². The second kappa shape index (κ2) is 9.89. The van der Waals surface area contributed by atoms with E-state index in [-0.39, 0.29) is 9.77 Å². The lowest BCUT2D eigenvalue weighted by molar-refractivity contribution is 0.0595. The minimum absolute atomic E-state index is 0.0637. The van der Waals surface area contributed by atoms with Gasteiger partial charge in [-0.05, 0) is 36.5 Å². The largest absolute Gasteiger partial charge is 0.465 e. The normalized spacial score (nSPS) is 14.5. The van der Waals surface area contributed by atoms with Crippen molar-refractivity contribution in [2.75, 3.05) is 20.2 Å². The van der Waals surface area contributed by atoms with Crippen LogP contribution in [0.2, 0.25) is 0 Å². The van der Waals surface area contributed by atoms with Crippen LogP contribution in [0.15, 0.2) is 40.6 Å². The summed E-state index contributed by atoms with van der Waals surface area (Å²) in [5.41, 5.74) is 2.90. The first-order chi connectivity index (χ1) is 15.8. The highest BCUT2D eigenvalue weighted by molar-refractivity contribution is 7.91. The quantitative estimate of drug-likeness (QED) is 0.484. The van der Waals surface area contributed by atoms with E-state index in [1.807, 2.05) is 44.2 Å². The highest BCUT2D eigenvalue weighted by Gasteiger charge is 2.34. The standard InChI is InChI=1S/C24H29N3O4S2/c1-16(2)10-12-25-33(29,30)24-22(23(28)31-3)19-11-13-27(15-21(19)32-24)14-18-9-8-17-6-4-5-7-20(17)26-18/h4-9,16,25H,10-15H2,1-3H3. The van der Waals surface area contributed by atoms with E-state index in [9.17, 15) is 13.2 Å². The molecule has 0 saturated heterocycles. The van der Waals surface area contributed by atoms with Gasteiger partial charge in [0, 0.05) is 36.4 Å². The number of sulfonamides is 1. The third-order valence-electron chi connectivity index (χ3n) is 5.79. The van der Waals surface area contributed by atoms with Gasteiger partial charge >= 0.3 is 5.97 Å². The first kappa shape index (κ1) is 23.8. The van der Waals surface area contributed by atoms with Gasteiger partial charge in [-0.2, -0.15) is 0 Å². The Kier molecular flexibility index (Phi) is 7.13. The Balaban J connectivity index is 1.58. The van der Waals surface area contributed by atoms with Crippen molar-refractivity contribution in [2.24, 2.45) is 5.92 Å². The molecule has 0 radical (unpaired) electrons. The SMILES string of the molecule is COC(=O)c1c(S(=O)(=O)NCCC(C)C)sc2c1CCN(Cc1ccc3ccccc3n1)C2. The van der Waals surface area contributed by atoms with Crippen LogP contribution in [0.25, 0.3) is 10.9 Å². The average molecular weight is 488 g/mol. The fourth-order valence-electron chi connectivity index (χ4n) is 4.04. The Morgan fingerprint density at radius 1 is 1.24 bits per heavy atom. The lowest BCUT2D eigenvalue weighted by Crippen LogP contribution is -2.30. The van der Waals surface area contributed by atoms with Gasteiger partial charge in [0.25, 0.3) is 10.0 Å². The number of ether oxygens (including phenoxy) is 1. The van der Waals surface area contributed by atoms with Crippen LogP contribution in [-0.4, -0.2) is 44.5 Å². The molecule has 33 heavy (non-hydrogen) atoms. The molecule has 0 saturated carbocycles. The zero-order chi connectivity index (χ0) is 23.6. The fraction of sp³-hybridized carbons (Fsp3) is 0.417. The molecule has 0 atom stereocenters. The zero-order valence-electron chi connectivity index (χ0n) is 19.1. The van der Waals surface area contributed by atoms with E-state index < -0.39 is 16.0 Å². The topological polar surface area (TPSA) is 88.6 Å². The van der Waals surface area contributed by atoms with Crippen LogP contribution in [0.5, 0.6) is 0 Å². The summed E-state index contributed by atoms with van der Waals surface area (Å²) in [5.74, 6) is -0.219. The molecule has 1 aliphatic heterocycles. The maximum atomic E-state index is 13.0. The lowest BCUT2D eigenvalue weighted by Gasteiger charge is -2.26. The van der Waals surface area contributed by atoms with E-state index in [1.54, 1.807) is 0 Å². The molecule has 0 spiro atoms. The molecule has 0 unspecified atom stereocenters. The van der Waals surface area contributed by atoms with E-state index in [4.69, 9.17) is 9.72 Å². The first-order valence-electron chi connectivity index (χ1n) is 11.1. The maximum Gasteiger partial charge on any atom is 0.340 e. The molecule has 3 aromatic rings. The molecule has 1 N–H and O–H groups in total. The fourth-order valence-corrected chi connectivity index (χ4v) is 7.05. The smallest absolute Gasteiger partial charge is 0.340 e. The van der Waals surface area contributed by atoms with Gasteiger partial charge in [0.1, 0.15) is 4.21 Å². The van der Waals surface area contributed by atoms with Gasteiger partial charge in [-0.3, -0.25) is 9.88 Å². The number of nitrogens with one attached hydrogen (secondary N) is 1. The summed E-state index contributed by atoms with van der Waals surface area (Å²) in [4.78, 5) is 20.5. The summed E-state index contributed by atoms with van der Waals surface area (Å²) >= 11 is 1.17. The number of thiophene rings is 1. The summed E-state index contributed by atoms with van der Waals surface area (Å²) in [6, 6.07) is 12.1. The molecule has 3 heterocycles. The van der Waals surface area contributed by atoms with Gasteiger partial charge in [0.15, 0.2) is 0 Å². The third kappa shape index (κ3) is 5.27. The molecule has 0 amide bonds. The van der Waals surface area contributed by atoms with Gasteiger partial charge < -0.3 is 4.74 Å². The number of para-hydroxylation sites is 1. The second-order valence-electron chi connectivity index (χ2n) is 8.69. The van der Waals surface area contributed by atoms with Gasteiger partial charge in [-0.15, -0.1) is 11.3 Å². The van der Waals surface area contributed by atoms with Crippen LogP contribution >= 0.6 is 11.3 Å². The van der Waals surface area contributed by atoms with Gasteiger partial charge in [-0.25, -0.2) is 17.9 Å². The molecule has 0 aliphatic carbocycles. The molecule has 0 bridgehead atoms. The highest BCUT2D eigenvalue weighted by Crippen LogP contribution is 2.37. The van der Waals surface area contributed by atoms with Crippen molar-refractivity contribution in [3.05, 3.63) is 58.1 Å². The van der Waals surface area contributed by atoms with Crippen molar-refractivity contribution in [3.63, 3.8) is 0 Å². The number of fused-ring (bicyclic) bond motifs is 2. The van der Waals surface area contributed by atoms with Crippen LogP contribution in [0.4, 0.5) is 0 Å². The number of benzene rings is 1. The van der Waals surface area contributed by atoms with Crippen LogP contribution < -0.4 is 4.72 Å². The summed E-state index contributed by atoms with van der Waals surface area (Å²) in [5, 5.41) is 1.10. The number of rotatable bonds is 8. The first-order valence-corrected chi connectivity index (χ1v) is 13.4. The van der Waals surface area contributed by atoms with Crippen molar-refractivity contribution < 1.29 is 17.9 Å². The maximum absolute atomic E-state index is 13.0. The Hall–Kier alpha value is -2.33. The Bertz CT molecular complexity index is 1270. The number of nitrogens with zero attached hydrogens (tertiary/aromatic N) is 2. The summed E-state index contributed by atoms with van der Waals surface area (Å²) < 4.78 is 33.7. The molecule has 9 heteroatoms. The number of hydrogen-bond donors (Lipinski definition) is 1. The minimum Gasteiger partial charge on any atom is -0.465 e. The van der Waals surface area contributed by atoms with Gasteiger partial charge in [-0.1, -0.05) is 38.1 Å². The summed E-state index contributed by atoms with van der Waals surface area (Å²) in [6.45, 7) is 6.35. The van der Waals surface area contributed by atoms with Crippen molar-refractivity contribution in [2.45, 2.75) is 44.0 Å². The number of hydrogen-bond acceptors (Lipinski definition) is 7. The van der Waals surface area contributed by atoms with Crippen LogP contribution in [0.1, 0.15) is 46.8 Å². The lowest BCUT2D eigenvalue weighted by atomic mass is 10.0. The number of methoxy groups -OCH3 is 1. The molecule has 176 valence electrons. The van der Waals surface area contributed by atoms with Crippen LogP contribution in [-0.2, 0) is 34.3 Å². The molecule has 2 aromatic heterocycles. The molecule has 7 nitrogen and oxygen atoms in total. The Morgan fingerprint density at radius 3 is 2.79 bits per heavy atom. The second-order valence-corrected chi connectivity index (χ2v) is 11.8. The predicted octanol–water partition coefficient (Wildman–Crippen LogP) is 3.97. The number of aromatic nitrogens is 1. The highest BCUT2D eigenvalue weighted by atomic mass is 32.2. The molecule has 4 rings (SSSR count). The zero-order valence-corrected chi connectivity index (χ0v) is 20.8. The molecular formula is C24H29N3O4S2. The van der Waals surface area contributed by atoms with Gasteiger partial charge in [0.2, 0.25) is 0 Å². The minimum atomic E-state index is -3.80. The third-order valence-corrected chi connectivity index (χ3v) is 8.99. The van der Waals surface area contributed by atoms with Crippen LogP contribution in [0, 0.1) is 5.92 Å². The summed E-state index contributed by atoms with van der Waals surface area (Å²) in [6.07, 6.45) is 1.32. The molecule has 1 aliphatic rings. The van der Waals surface area contributed by atoms with E-state index in [2.05, 4.69) is 15.7 Å².